The van der Waals surface area contributed by atoms with Crippen LogP contribution in [0.25, 0.3) is 0 Å². The van der Waals surface area contributed by atoms with E-state index in [2.05, 4.69) is 9.64 Å². The van der Waals surface area contributed by atoms with E-state index in [-0.39, 0.29) is 5.97 Å². The summed E-state index contributed by atoms with van der Waals surface area (Å²) >= 11 is 0. The highest BCUT2D eigenvalue weighted by Gasteiger charge is 2.06. The normalized spacial score (nSPS) is 19.5. The molecule has 0 spiro atoms. The molecule has 1 rings (SSSR count). The number of ether oxygens (including phenoxy) is 1. The third-order valence-electron chi connectivity index (χ3n) is 2.52. The molecule has 0 saturated carbocycles. The summed E-state index contributed by atoms with van der Waals surface area (Å²) < 4.78 is 4.52. The lowest BCUT2D eigenvalue weighted by atomic mass is 10.2. The molecule has 1 aliphatic heterocycles. The topological polar surface area (TPSA) is 29.5 Å². The molecule has 0 radical (unpaired) electrons. The van der Waals surface area contributed by atoms with Crippen molar-refractivity contribution in [1.82, 2.24) is 4.90 Å². The highest BCUT2D eigenvalue weighted by Crippen LogP contribution is 2.08. The second kappa shape index (κ2) is 6.60. The standard InChI is InChI=1S/C11H19NO2/c1-14-11(13)7-6-10-12-8-4-2-3-5-9-12/h6-7H,2-5,8-10H2,1H3/b7-6+. The van der Waals surface area contributed by atoms with Gasteiger partial charge in [-0.1, -0.05) is 18.9 Å². The minimum Gasteiger partial charge on any atom is -0.466 e. The molecule has 80 valence electrons. The SMILES string of the molecule is COC(=O)/C=C/CN1CCCCCC1. The molecular weight excluding hydrogens is 178 g/mol. The quantitative estimate of drug-likeness (QED) is 0.508. The van der Waals surface area contributed by atoms with Crippen molar-refractivity contribution >= 4 is 5.97 Å². The smallest absolute Gasteiger partial charge is 0.330 e. The molecule has 1 fully saturated rings. The fourth-order valence-corrected chi connectivity index (χ4v) is 1.68. The Morgan fingerprint density at radius 1 is 1.29 bits per heavy atom. The van der Waals surface area contributed by atoms with Crippen LogP contribution in [0.4, 0.5) is 0 Å². The van der Waals surface area contributed by atoms with Crippen LogP contribution in [0.5, 0.6) is 0 Å². The van der Waals surface area contributed by atoms with Gasteiger partial charge < -0.3 is 4.74 Å². The van der Waals surface area contributed by atoms with Crippen molar-refractivity contribution in [2.24, 2.45) is 0 Å². The van der Waals surface area contributed by atoms with Crippen molar-refractivity contribution < 1.29 is 9.53 Å². The summed E-state index contributed by atoms with van der Waals surface area (Å²) in [6, 6.07) is 0. The van der Waals surface area contributed by atoms with Gasteiger partial charge in [-0.3, -0.25) is 4.90 Å². The third kappa shape index (κ3) is 4.42. The number of hydrogen-bond donors (Lipinski definition) is 0. The highest BCUT2D eigenvalue weighted by atomic mass is 16.5. The van der Waals surface area contributed by atoms with Gasteiger partial charge in [0.1, 0.15) is 0 Å². The monoisotopic (exact) mass is 197 g/mol. The summed E-state index contributed by atoms with van der Waals surface area (Å²) in [7, 11) is 1.40. The first-order valence-electron chi connectivity index (χ1n) is 5.30. The molecule has 0 N–H and O–H groups in total. The van der Waals surface area contributed by atoms with E-state index in [1.54, 1.807) is 0 Å². The second-order valence-electron chi connectivity index (χ2n) is 3.64. The molecule has 0 aromatic rings. The molecule has 3 nitrogen and oxygen atoms in total. The minimum atomic E-state index is -0.264. The van der Waals surface area contributed by atoms with Crippen LogP contribution in [0.3, 0.4) is 0 Å². The number of nitrogens with zero attached hydrogens (tertiary/aromatic N) is 1. The molecule has 1 aliphatic rings. The van der Waals surface area contributed by atoms with E-state index in [0.29, 0.717) is 0 Å². The summed E-state index contributed by atoms with van der Waals surface area (Å²) in [6.07, 6.45) is 8.65. The number of carbonyl (C=O) groups excluding carboxylic acids is 1. The Balaban J connectivity index is 2.21. The number of likely N-dealkylation sites (tertiary alicyclic amines) is 1. The van der Waals surface area contributed by atoms with Crippen molar-refractivity contribution in [3.63, 3.8) is 0 Å². The summed E-state index contributed by atoms with van der Waals surface area (Å²) in [5.74, 6) is -0.264. The minimum absolute atomic E-state index is 0.264. The van der Waals surface area contributed by atoms with Crippen LogP contribution >= 0.6 is 0 Å². The van der Waals surface area contributed by atoms with Crippen LogP contribution in [-0.2, 0) is 9.53 Å². The molecule has 1 saturated heterocycles. The maximum atomic E-state index is 10.8. The first-order chi connectivity index (χ1) is 6.83. The van der Waals surface area contributed by atoms with E-state index in [0.717, 1.165) is 19.6 Å². The zero-order valence-electron chi connectivity index (χ0n) is 8.87. The van der Waals surface area contributed by atoms with Gasteiger partial charge in [-0.25, -0.2) is 4.79 Å². The largest absolute Gasteiger partial charge is 0.466 e. The first-order valence-corrected chi connectivity index (χ1v) is 5.30. The number of methoxy groups -OCH3 is 1. The fourth-order valence-electron chi connectivity index (χ4n) is 1.68. The Labute approximate surface area is 85.7 Å². The van der Waals surface area contributed by atoms with Crippen molar-refractivity contribution in [3.8, 4) is 0 Å². The zero-order chi connectivity index (χ0) is 10.2. The Morgan fingerprint density at radius 2 is 1.93 bits per heavy atom. The number of esters is 1. The summed E-state index contributed by atoms with van der Waals surface area (Å²) in [5, 5.41) is 0. The Hall–Kier alpha value is -0.830. The first kappa shape index (κ1) is 11.2. The Kier molecular flexibility index (Phi) is 5.30. The molecule has 0 unspecified atom stereocenters. The van der Waals surface area contributed by atoms with Crippen LogP contribution in [0.2, 0.25) is 0 Å². The predicted molar refractivity (Wildman–Crippen MR) is 56.1 cm³/mol. The summed E-state index contributed by atoms with van der Waals surface area (Å²) in [5.41, 5.74) is 0. The maximum Gasteiger partial charge on any atom is 0.330 e. The molecule has 1 heterocycles. The molecule has 0 atom stereocenters. The Bertz CT molecular complexity index is 193. The zero-order valence-corrected chi connectivity index (χ0v) is 8.87. The van der Waals surface area contributed by atoms with E-state index in [9.17, 15) is 4.79 Å². The van der Waals surface area contributed by atoms with Crippen LogP contribution in [0, 0.1) is 0 Å². The van der Waals surface area contributed by atoms with E-state index in [1.165, 1.54) is 38.9 Å². The predicted octanol–water partition coefficient (Wildman–Crippen LogP) is 1.59. The number of hydrogen-bond acceptors (Lipinski definition) is 3. The second-order valence-corrected chi connectivity index (χ2v) is 3.64. The van der Waals surface area contributed by atoms with E-state index >= 15 is 0 Å². The van der Waals surface area contributed by atoms with Crippen LogP contribution in [0.1, 0.15) is 25.7 Å². The van der Waals surface area contributed by atoms with Gasteiger partial charge in [0.05, 0.1) is 7.11 Å². The van der Waals surface area contributed by atoms with Crippen molar-refractivity contribution in [2.75, 3.05) is 26.7 Å². The maximum absolute atomic E-state index is 10.8. The van der Waals surface area contributed by atoms with Crippen molar-refractivity contribution in [3.05, 3.63) is 12.2 Å². The summed E-state index contributed by atoms with van der Waals surface area (Å²) in [4.78, 5) is 13.2. The highest BCUT2D eigenvalue weighted by molar-refractivity contribution is 5.81. The molecule has 3 heteroatoms. The van der Waals surface area contributed by atoms with Crippen molar-refractivity contribution in [2.45, 2.75) is 25.7 Å². The van der Waals surface area contributed by atoms with Gasteiger partial charge in [0.2, 0.25) is 0 Å². The van der Waals surface area contributed by atoms with Crippen LogP contribution < -0.4 is 0 Å². The van der Waals surface area contributed by atoms with Gasteiger partial charge in [-0.05, 0) is 25.9 Å². The van der Waals surface area contributed by atoms with Gasteiger partial charge in [-0.15, -0.1) is 0 Å². The van der Waals surface area contributed by atoms with Crippen molar-refractivity contribution in [1.29, 1.82) is 0 Å². The fraction of sp³-hybridized carbons (Fsp3) is 0.727. The van der Waals surface area contributed by atoms with Gasteiger partial charge >= 0.3 is 5.97 Å². The molecule has 0 aromatic carbocycles. The van der Waals surface area contributed by atoms with E-state index in [4.69, 9.17) is 0 Å². The molecular formula is C11H19NO2. The summed E-state index contributed by atoms with van der Waals surface area (Å²) in [6.45, 7) is 3.19. The van der Waals surface area contributed by atoms with E-state index in [1.807, 2.05) is 6.08 Å². The molecule has 0 amide bonds. The Morgan fingerprint density at radius 3 is 2.50 bits per heavy atom. The average Bonchev–Trinajstić information content (AvgIpc) is 2.46. The van der Waals surface area contributed by atoms with Gasteiger partial charge in [-0.2, -0.15) is 0 Å². The lowest BCUT2D eigenvalue weighted by molar-refractivity contribution is -0.134. The van der Waals surface area contributed by atoms with Gasteiger partial charge in [0.25, 0.3) is 0 Å². The molecule has 0 aliphatic carbocycles. The number of rotatable bonds is 3. The molecule has 14 heavy (non-hydrogen) atoms. The third-order valence-corrected chi connectivity index (χ3v) is 2.52. The van der Waals surface area contributed by atoms with Gasteiger partial charge in [0.15, 0.2) is 0 Å². The lowest BCUT2D eigenvalue weighted by Gasteiger charge is -2.16. The van der Waals surface area contributed by atoms with Gasteiger partial charge in [0, 0.05) is 12.6 Å². The average molecular weight is 197 g/mol. The molecule has 0 bridgehead atoms. The van der Waals surface area contributed by atoms with Crippen LogP contribution in [-0.4, -0.2) is 37.6 Å². The molecule has 0 aromatic heterocycles. The lowest BCUT2D eigenvalue weighted by Crippen LogP contribution is -2.24. The number of carbonyl (C=O) groups is 1. The van der Waals surface area contributed by atoms with Crippen LogP contribution in [0.15, 0.2) is 12.2 Å². The van der Waals surface area contributed by atoms with E-state index < -0.39 is 0 Å².